The molecule has 3 fully saturated rings. The number of hydrogen-bond donors (Lipinski definition) is 2. The first-order valence-corrected chi connectivity index (χ1v) is 12.6. The molecule has 2 amide bonds. The van der Waals surface area contributed by atoms with Crippen molar-refractivity contribution in [2.24, 2.45) is 5.92 Å². The third-order valence-electron chi connectivity index (χ3n) is 7.90. The van der Waals surface area contributed by atoms with Crippen molar-refractivity contribution in [1.29, 1.82) is 0 Å². The van der Waals surface area contributed by atoms with Gasteiger partial charge in [0.2, 0.25) is 11.8 Å². The van der Waals surface area contributed by atoms with Gasteiger partial charge in [-0.15, -0.1) is 0 Å². The van der Waals surface area contributed by atoms with Crippen LogP contribution in [0.3, 0.4) is 0 Å². The van der Waals surface area contributed by atoms with E-state index in [1.54, 1.807) is 0 Å². The van der Waals surface area contributed by atoms with Crippen molar-refractivity contribution < 1.29 is 14.7 Å². The van der Waals surface area contributed by atoms with Crippen LogP contribution in [-0.2, 0) is 16.1 Å². The summed E-state index contributed by atoms with van der Waals surface area (Å²) in [5.74, 6) is -0.0344. The van der Waals surface area contributed by atoms with E-state index in [2.05, 4.69) is 41.4 Å². The predicted molar refractivity (Wildman–Crippen MR) is 125 cm³/mol. The van der Waals surface area contributed by atoms with Crippen molar-refractivity contribution >= 4 is 11.8 Å². The Labute approximate surface area is 192 Å². The predicted octanol–water partition coefficient (Wildman–Crippen LogP) is 3.09. The molecule has 2 unspecified atom stereocenters. The number of piperidine rings is 1. The molecule has 2 atom stereocenters. The Balaban J connectivity index is 1.48. The van der Waals surface area contributed by atoms with Gasteiger partial charge in [0.25, 0.3) is 0 Å². The number of likely N-dealkylation sites (tertiary alicyclic amines) is 1. The fourth-order valence-electron chi connectivity index (χ4n) is 5.88. The minimum atomic E-state index is -0.796. The molecule has 6 heteroatoms. The van der Waals surface area contributed by atoms with Gasteiger partial charge >= 0.3 is 0 Å². The molecule has 0 bridgehead atoms. The Bertz CT molecular complexity index is 770. The van der Waals surface area contributed by atoms with Crippen LogP contribution >= 0.6 is 0 Å². The number of unbranched alkanes of at least 4 members (excludes halogenated alkanes) is 1. The maximum Gasteiger partial charge on any atom is 0.248 e. The van der Waals surface area contributed by atoms with Crippen molar-refractivity contribution in [3.63, 3.8) is 0 Å². The van der Waals surface area contributed by atoms with Crippen LogP contribution in [0, 0.1) is 5.92 Å². The lowest BCUT2D eigenvalue weighted by molar-refractivity contribution is -0.166. The summed E-state index contributed by atoms with van der Waals surface area (Å²) in [5.41, 5.74) is 0.494. The van der Waals surface area contributed by atoms with Crippen LogP contribution in [-0.4, -0.2) is 64.0 Å². The van der Waals surface area contributed by atoms with E-state index in [-0.39, 0.29) is 17.7 Å². The van der Waals surface area contributed by atoms with E-state index < -0.39 is 17.7 Å². The molecule has 1 aliphatic carbocycles. The average molecular weight is 442 g/mol. The monoisotopic (exact) mass is 441 g/mol. The summed E-state index contributed by atoms with van der Waals surface area (Å²) >= 11 is 0. The first-order valence-electron chi connectivity index (χ1n) is 12.6. The maximum absolute atomic E-state index is 13.6. The molecule has 1 saturated carbocycles. The van der Waals surface area contributed by atoms with Gasteiger partial charge in [-0.05, 0) is 43.6 Å². The van der Waals surface area contributed by atoms with E-state index in [1.807, 2.05) is 11.0 Å². The third-order valence-corrected chi connectivity index (χ3v) is 7.90. The Hall–Kier alpha value is -1.92. The molecule has 1 spiro atoms. The number of carbonyl (C=O) groups excluding carboxylic acids is 2. The fourth-order valence-corrected chi connectivity index (χ4v) is 5.88. The molecule has 1 aromatic carbocycles. The van der Waals surface area contributed by atoms with Crippen LogP contribution in [0.1, 0.15) is 70.3 Å². The minimum Gasteiger partial charge on any atom is -0.390 e. The average Bonchev–Trinajstić information content (AvgIpc) is 2.83. The fraction of sp³-hybridized carbons (Fsp3) is 0.692. The smallest absolute Gasteiger partial charge is 0.248 e. The molecular weight excluding hydrogens is 402 g/mol. The van der Waals surface area contributed by atoms with Crippen molar-refractivity contribution in [3.05, 3.63) is 35.9 Å². The highest BCUT2D eigenvalue weighted by molar-refractivity contribution is 6.00. The Morgan fingerprint density at radius 3 is 2.44 bits per heavy atom. The summed E-state index contributed by atoms with van der Waals surface area (Å²) < 4.78 is 0. The van der Waals surface area contributed by atoms with Crippen molar-refractivity contribution in [2.75, 3.05) is 19.6 Å². The SMILES string of the molecule is CCCCN1C(=O)C(C(O)C2CCCCC2)NC(=O)C12CCN(Cc1ccccc1)CC2. The normalized spacial score (nSPS) is 25.7. The highest BCUT2D eigenvalue weighted by Gasteiger charge is 2.55. The zero-order chi connectivity index (χ0) is 22.6. The van der Waals surface area contributed by atoms with Crippen LogP contribution in [0.25, 0.3) is 0 Å². The second kappa shape index (κ2) is 10.3. The van der Waals surface area contributed by atoms with E-state index in [0.29, 0.717) is 19.4 Å². The molecule has 2 saturated heterocycles. The van der Waals surface area contributed by atoms with Gasteiger partial charge in [0, 0.05) is 26.2 Å². The summed E-state index contributed by atoms with van der Waals surface area (Å²) in [7, 11) is 0. The number of hydrogen-bond acceptors (Lipinski definition) is 4. The molecule has 1 aromatic rings. The van der Waals surface area contributed by atoms with Crippen molar-refractivity contribution in [2.45, 2.75) is 88.9 Å². The molecule has 32 heavy (non-hydrogen) atoms. The van der Waals surface area contributed by atoms with Crippen LogP contribution in [0.15, 0.2) is 30.3 Å². The van der Waals surface area contributed by atoms with E-state index in [4.69, 9.17) is 0 Å². The molecule has 0 aromatic heterocycles. The van der Waals surface area contributed by atoms with Crippen molar-refractivity contribution in [3.8, 4) is 0 Å². The number of rotatable bonds is 7. The molecule has 2 heterocycles. The van der Waals surface area contributed by atoms with Crippen LogP contribution < -0.4 is 5.32 Å². The van der Waals surface area contributed by atoms with Crippen LogP contribution in [0.5, 0.6) is 0 Å². The topological polar surface area (TPSA) is 72.9 Å². The lowest BCUT2D eigenvalue weighted by Crippen LogP contribution is -2.75. The highest BCUT2D eigenvalue weighted by Crippen LogP contribution is 2.36. The summed E-state index contributed by atoms with van der Waals surface area (Å²) in [4.78, 5) is 31.4. The largest absolute Gasteiger partial charge is 0.390 e. The van der Waals surface area contributed by atoms with Gasteiger partial charge in [0.05, 0.1) is 6.10 Å². The molecule has 0 radical (unpaired) electrons. The summed E-state index contributed by atoms with van der Waals surface area (Å²) in [6.07, 6.45) is 7.61. The summed E-state index contributed by atoms with van der Waals surface area (Å²) in [6.45, 7) is 5.14. The van der Waals surface area contributed by atoms with Gasteiger partial charge in [0.1, 0.15) is 11.6 Å². The second-order valence-corrected chi connectivity index (χ2v) is 9.98. The number of benzene rings is 1. The lowest BCUT2D eigenvalue weighted by Gasteiger charge is -2.52. The molecular formula is C26H39N3O3. The molecule has 6 nitrogen and oxygen atoms in total. The van der Waals surface area contributed by atoms with E-state index in [0.717, 1.165) is 58.2 Å². The first kappa shape index (κ1) is 23.2. The number of aliphatic hydroxyl groups excluding tert-OH is 1. The van der Waals surface area contributed by atoms with Gasteiger partial charge in [-0.3, -0.25) is 14.5 Å². The number of aliphatic hydroxyl groups is 1. The standard InChI is InChI=1S/C26H39N3O3/c1-2-3-16-29-24(31)22(23(30)21-12-8-5-9-13-21)27-25(32)26(29)14-17-28(18-15-26)19-20-10-6-4-7-11-20/h4,6-7,10-11,21-23,30H,2-3,5,8-9,12-19H2,1H3,(H,27,32). The van der Waals surface area contributed by atoms with Gasteiger partial charge in [-0.25, -0.2) is 0 Å². The number of nitrogens with one attached hydrogen (secondary N) is 1. The third kappa shape index (κ3) is 4.72. The quantitative estimate of drug-likeness (QED) is 0.682. The van der Waals surface area contributed by atoms with Crippen LogP contribution in [0.2, 0.25) is 0 Å². The molecule has 2 N–H and O–H groups in total. The molecule has 4 rings (SSSR count). The van der Waals surface area contributed by atoms with E-state index in [9.17, 15) is 14.7 Å². The molecule has 2 aliphatic heterocycles. The molecule has 3 aliphatic rings. The zero-order valence-electron chi connectivity index (χ0n) is 19.5. The Morgan fingerprint density at radius 2 is 1.78 bits per heavy atom. The second-order valence-electron chi connectivity index (χ2n) is 9.98. The number of piperazine rings is 1. The minimum absolute atomic E-state index is 0.0626. The van der Waals surface area contributed by atoms with Crippen LogP contribution in [0.4, 0.5) is 0 Å². The Kier molecular flexibility index (Phi) is 7.51. The van der Waals surface area contributed by atoms with Gasteiger partial charge < -0.3 is 15.3 Å². The summed E-state index contributed by atoms with van der Waals surface area (Å²) in [5, 5.41) is 14.0. The van der Waals surface area contributed by atoms with Crippen molar-refractivity contribution in [1.82, 2.24) is 15.1 Å². The Morgan fingerprint density at radius 1 is 1.09 bits per heavy atom. The zero-order valence-corrected chi connectivity index (χ0v) is 19.5. The first-order chi connectivity index (χ1) is 15.5. The van der Waals surface area contributed by atoms with E-state index >= 15 is 0 Å². The lowest BCUT2D eigenvalue weighted by atomic mass is 9.78. The molecule has 176 valence electrons. The maximum atomic E-state index is 13.6. The van der Waals surface area contributed by atoms with E-state index in [1.165, 1.54) is 12.0 Å². The highest BCUT2D eigenvalue weighted by atomic mass is 16.3. The van der Waals surface area contributed by atoms with Gasteiger partial charge in [0.15, 0.2) is 0 Å². The van der Waals surface area contributed by atoms with Gasteiger partial charge in [-0.2, -0.15) is 0 Å². The van der Waals surface area contributed by atoms with Gasteiger partial charge in [-0.1, -0.05) is 62.9 Å². The number of amides is 2. The number of carbonyl (C=O) groups is 2. The number of nitrogens with zero attached hydrogens (tertiary/aromatic N) is 2. The summed E-state index contributed by atoms with van der Waals surface area (Å²) in [6, 6.07) is 9.60.